The predicted molar refractivity (Wildman–Crippen MR) is 137 cm³/mol. The van der Waals surface area contributed by atoms with Gasteiger partial charge in [0.1, 0.15) is 0 Å². The summed E-state index contributed by atoms with van der Waals surface area (Å²) in [6.45, 7) is 0.202. The highest BCUT2D eigenvalue weighted by Gasteiger charge is 2.54. The molecular formula is C29H34N4O3. The van der Waals surface area contributed by atoms with E-state index >= 15 is 0 Å². The van der Waals surface area contributed by atoms with Crippen LogP contribution in [0.4, 0.5) is 0 Å². The van der Waals surface area contributed by atoms with Crippen molar-refractivity contribution >= 4 is 16.9 Å². The smallest absolute Gasteiger partial charge is 0.322 e. The zero-order valence-electron chi connectivity index (χ0n) is 20.8. The number of imidazole rings is 1. The van der Waals surface area contributed by atoms with Gasteiger partial charge in [-0.25, -0.2) is 9.78 Å². The summed E-state index contributed by atoms with van der Waals surface area (Å²) in [5, 5.41) is 0. The molecule has 3 aromatic rings. The molecule has 36 heavy (non-hydrogen) atoms. The van der Waals surface area contributed by atoms with Gasteiger partial charge >= 0.3 is 5.69 Å². The highest BCUT2D eigenvalue weighted by Crippen LogP contribution is 2.60. The largest absolute Gasteiger partial charge is 0.333 e. The van der Waals surface area contributed by atoms with E-state index in [2.05, 4.69) is 4.98 Å². The normalized spacial score (nSPS) is 29.4. The standard InChI is InChI=1S/C29H34N4O3/c34-24(29-13-20-10-21(14-29)12-22(11-20)15-29)17-32-27(35)25-26(30-18-33(25)23-8-4-5-9-23)31(28(32)36)16-19-6-2-1-3-7-19/h1-3,6-7,18,20-23H,4-5,8-17H2. The number of carbonyl (C=O) groups is 1. The number of nitrogens with zero attached hydrogens (tertiary/aromatic N) is 4. The minimum absolute atomic E-state index is 0.0957. The second kappa shape index (κ2) is 8.29. The molecule has 0 saturated heterocycles. The maximum atomic E-state index is 13.9. The zero-order chi connectivity index (χ0) is 24.4. The van der Waals surface area contributed by atoms with E-state index in [1.807, 2.05) is 34.9 Å². The van der Waals surface area contributed by atoms with Crippen molar-refractivity contribution in [2.24, 2.45) is 23.2 Å². The lowest BCUT2D eigenvalue weighted by Gasteiger charge is -2.56. The van der Waals surface area contributed by atoms with Gasteiger partial charge in [0.2, 0.25) is 0 Å². The molecule has 5 fully saturated rings. The molecule has 5 saturated carbocycles. The van der Waals surface area contributed by atoms with Crippen molar-refractivity contribution in [3.05, 3.63) is 63.1 Å². The Morgan fingerprint density at radius 2 is 1.56 bits per heavy atom. The van der Waals surface area contributed by atoms with Crippen LogP contribution in [-0.2, 0) is 17.9 Å². The third-order valence-corrected chi connectivity index (χ3v) is 9.77. The maximum Gasteiger partial charge on any atom is 0.333 e. The fraction of sp³-hybridized carbons (Fsp3) is 0.586. The molecule has 2 heterocycles. The van der Waals surface area contributed by atoms with E-state index in [9.17, 15) is 14.4 Å². The number of rotatable bonds is 6. The van der Waals surface area contributed by atoms with E-state index < -0.39 is 5.69 Å². The molecule has 0 aliphatic heterocycles. The summed E-state index contributed by atoms with van der Waals surface area (Å²) in [5.74, 6) is 2.01. The summed E-state index contributed by atoms with van der Waals surface area (Å²) < 4.78 is 4.82. The Kier molecular flexibility index (Phi) is 5.12. The third-order valence-electron chi connectivity index (χ3n) is 9.77. The minimum atomic E-state index is -0.425. The van der Waals surface area contributed by atoms with Gasteiger partial charge in [-0.15, -0.1) is 0 Å². The maximum absolute atomic E-state index is 13.9. The molecule has 8 rings (SSSR count). The van der Waals surface area contributed by atoms with Crippen molar-refractivity contribution in [3.8, 4) is 0 Å². The summed E-state index contributed by atoms with van der Waals surface area (Å²) >= 11 is 0. The number of ketones is 1. The number of hydrogen-bond donors (Lipinski definition) is 0. The third kappa shape index (κ3) is 3.46. The summed E-state index contributed by atoms with van der Waals surface area (Å²) in [4.78, 5) is 46.2. The van der Waals surface area contributed by atoms with Crippen LogP contribution in [0.2, 0.25) is 0 Å². The molecule has 0 spiro atoms. The van der Waals surface area contributed by atoms with Gasteiger partial charge in [0.15, 0.2) is 16.9 Å². The first-order valence-corrected chi connectivity index (χ1v) is 13.8. The highest BCUT2D eigenvalue weighted by molar-refractivity contribution is 5.85. The van der Waals surface area contributed by atoms with E-state index in [1.54, 1.807) is 10.9 Å². The summed E-state index contributed by atoms with van der Waals surface area (Å²) in [7, 11) is 0. The predicted octanol–water partition coefficient (Wildman–Crippen LogP) is 4.31. The van der Waals surface area contributed by atoms with Gasteiger partial charge in [-0.2, -0.15) is 0 Å². The Balaban J connectivity index is 1.33. The number of hydrogen-bond acceptors (Lipinski definition) is 4. The second-order valence-electron chi connectivity index (χ2n) is 12.1. The molecule has 0 atom stereocenters. The fourth-order valence-corrected chi connectivity index (χ4v) is 8.48. The number of aromatic nitrogens is 4. The molecule has 0 radical (unpaired) electrons. The van der Waals surface area contributed by atoms with E-state index in [-0.39, 0.29) is 29.3 Å². The molecule has 7 nitrogen and oxygen atoms in total. The van der Waals surface area contributed by atoms with Crippen LogP contribution >= 0.6 is 0 Å². The molecule has 0 unspecified atom stereocenters. The van der Waals surface area contributed by atoms with Crippen LogP contribution in [0.3, 0.4) is 0 Å². The Bertz CT molecular complexity index is 1410. The Morgan fingerprint density at radius 1 is 0.917 bits per heavy atom. The molecule has 0 N–H and O–H groups in total. The molecule has 0 amide bonds. The average Bonchev–Trinajstić information content (AvgIpc) is 3.54. The molecule has 4 bridgehead atoms. The van der Waals surface area contributed by atoms with Gasteiger partial charge in [-0.05, 0) is 74.7 Å². The first-order valence-electron chi connectivity index (χ1n) is 13.8. The van der Waals surface area contributed by atoms with Crippen molar-refractivity contribution in [2.75, 3.05) is 0 Å². The van der Waals surface area contributed by atoms with E-state index in [0.717, 1.165) is 50.5 Å². The zero-order valence-corrected chi connectivity index (χ0v) is 20.8. The van der Waals surface area contributed by atoms with Crippen molar-refractivity contribution < 1.29 is 4.79 Å². The number of benzene rings is 1. The Morgan fingerprint density at radius 3 is 2.19 bits per heavy atom. The molecule has 188 valence electrons. The topological polar surface area (TPSA) is 78.9 Å². The van der Waals surface area contributed by atoms with Crippen LogP contribution in [0.5, 0.6) is 0 Å². The van der Waals surface area contributed by atoms with Crippen LogP contribution in [-0.4, -0.2) is 24.5 Å². The van der Waals surface area contributed by atoms with Gasteiger partial charge < -0.3 is 4.57 Å². The van der Waals surface area contributed by atoms with Crippen LogP contribution in [0.25, 0.3) is 11.2 Å². The van der Waals surface area contributed by atoms with E-state index in [0.29, 0.717) is 35.5 Å². The van der Waals surface area contributed by atoms with Gasteiger partial charge in [0, 0.05) is 11.5 Å². The Labute approximate surface area is 210 Å². The Hall–Kier alpha value is -2.96. The monoisotopic (exact) mass is 486 g/mol. The van der Waals surface area contributed by atoms with Crippen molar-refractivity contribution in [1.82, 2.24) is 18.7 Å². The average molecular weight is 487 g/mol. The number of carbonyl (C=O) groups excluding carboxylic acids is 1. The highest BCUT2D eigenvalue weighted by atomic mass is 16.2. The molecule has 5 aliphatic rings. The van der Waals surface area contributed by atoms with Crippen LogP contribution in [0, 0.1) is 23.2 Å². The first-order chi connectivity index (χ1) is 17.5. The summed E-state index contributed by atoms with van der Waals surface area (Å²) in [5.41, 5.74) is 0.739. The van der Waals surface area contributed by atoms with Crippen LogP contribution < -0.4 is 11.2 Å². The van der Waals surface area contributed by atoms with Gasteiger partial charge in [0.05, 0.1) is 19.4 Å². The lowest BCUT2D eigenvalue weighted by Crippen LogP contribution is -2.52. The lowest BCUT2D eigenvalue weighted by atomic mass is 9.48. The van der Waals surface area contributed by atoms with E-state index in [4.69, 9.17) is 0 Å². The minimum Gasteiger partial charge on any atom is -0.322 e. The van der Waals surface area contributed by atoms with Crippen molar-refractivity contribution in [3.63, 3.8) is 0 Å². The second-order valence-corrected chi connectivity index (χ2v) is 12.1. The fourth-order valence-electron chi connectivity index (χ4n) is 8.48. The SMILES string of the molecule is O=C(Cn1c(=O)c2c(ncn2C2CCCC2)n(Cc2ccccc2)c1=O)C12CC3CC(CC(C3)C1)C2. The number of fused-ring (bicyclic) bond motifs is 1. The van der Waals surface area contributed by atoms with Crippen LogP contribution in [0.15, 0.2) is 46.2 Å². The molecule has 1 aromatic carbocycles. The van der Waals surface area contributed by atoms with Gasteiger partial charge in [0.25, 0.3) is 5.56 Å². The summed E-state index contributed by atoms with van der Waals surface area (Å²) in [6.07, 6.45) is 12.6. The number of Topliss-reactive ketones (excluding diaryl/α,β-unsaturated/α-hetero) is 1. The van der Waals surface area contributed by atoms with E-state index in [1.165, 1.54) is 23.8 Å². The quantitative estimate of drug-likeness (QED) is 0.520. The molecule has 2 aromatic heterocycles. The molecule has 7 heteroatoms. The van der Waals surface area contributed by atoms with Crippen LogP contribution in [0.1, 0.15) is 75.8 Å². The van der Waals surface area contributed by atoms with Gasteiger partial charge in [-0.1, -0.05) is 43.2 Å². The summed E-state index contributed by atoms with van der Waals surface area (Å²) in [6, 6.07) is 10.0. The molecular weight excluding hydrogens is 452 g/mol. The van der Waals surface area contributed by atoms with Gasteiger partial charge in [-0.3, -0.25) is 18.7 Å². The first kappa shape index (κ1) is 22.3. The molecule has 5 aliphatic carbocycles. The lowest BCUT2D eigenvalue weighted by molar-refractivity contribution is -0.144. The van der Waals surface area contributed by atoms with Crippen molar-refractivity contribution in [2.45, 2.75) is 83.3 Å². The van der Waals surface area contributed by atoms with Crippen molar-refractivity contribution in [1.29, 1.82) is 0 Å².